The van der Waals surface area contributed by atoms with Crippen LogP contribution in [-0.4, -0.2) is 23.2 Å². The summed E-state index contributed by atoms with van der Waals surface area (Å²) in [5.74, 6) is 0.331. The van der Waals surface area contributed by atoms with E-state index in [2.05, 4.69) is 20.5 Å². The first-order chi connectivity index (χ1) is 8.20. The highest BCUT2D eigenvalue weighted by Gasteiger charge is 2.08. The minimum atomic E-state index is 0.331. The van der Waals surface area contributed by atoms with Crippen molar-refractivity contribution in [2.24, 2.45) is 10.7 Å². The van der Waals surface area contributed by atoms with Gasteiger partial charge in [0.05, 0.1) is 0 Å². The van der Waals surface area contributed by atoms with Crippen molar-refractivity contribution in [3.05, 3.63) is 29.8 Å². The molecule has 88 valence electrons. The van der Waals surface area contributed by atoms with Gasteiger partial charge in [-0.3, -0.25) is 4.99 Å². The molecule has 5 nitrogen and oxygen atoms in total. The molecule has 0 amide bonds. The van der Waals surface area contributed by atoms with E-state index in [0.717, 1.165) is 10.6 Å². The lowest BCUT2D eigenvalue weighted by Crippen LogP contribution is -2.21. The van der Waals surface area contributed by atoms with E-state index in [1.54, 1.807) is 7.05 Å². The Hall–Kier alpha value is -1.95. The van der Waals surface area contributed by atoms with Crippen LogP contribution in [0.3, 0.4) is 0 Å². The van der Waals surface area contributed by atoms with E-state index in [1.165, 1.54) is 16.9 Å². The molecule has 0 unspecified atom stereocenters. The number of aliphatic imine (C=N–C) groups is 1. The molecule has 1 aromatic carbocycles. The number of anilines is 1. The lowest BCUT2D eigenvalue weighted by molar-refractivity contribution is 1.10. The molecule has 0 atom stereocenters. The summed E-state index contributed by atoms with van der Waals surface area (Å²) in [5.41, 5.74) is 7.82. The van der Waals surface area contributed by atoms with E-state index >= 15 is 0 Å². The van der Waals surface area contributed by atoms with Crippen molar-refractivity contribution in [2.45, 2.75) is 6.92 Å². The summed E-state index contributed by atoms with van der Waals surface area (Å²) in [6, 6.07) is 8.06. The molecule has 0 fully saturated rings. The Balaban J connectivity index is 2.27. The number of hydrogen-bond acceptors (Lipinski definition) is 4. The van der Waals surface area contributed by atoms with Crippen molar-refractivity contribution < 1.29 is 0 Å². The lowest BCUT2D eigenvalue weighted by Gasteiger charge is -1.99. The maximum atomic E-state index is 5.56. The summed E-state index contributed by atoms with van der Waals surface area (Å²) in [6.07, 6.45) is 0. The molecular formula is C11H13N5S. The predicted octanol–water partition coefficient (Wildman–Crippen LogP) is 1.87. The first kappa shape index (κ1) is 11.5. The van der Waals surface area contributed by atoms with Gasteiger partial charge in [-0.25, -0.2) is 0 Å². The molecule has 2 aromatic rings. The van der Waals surface area contributed by atoms with E-state index in [4.69, 9.17) is 5.73 Å². The van der Waals surface area contributed by atoms with Crippen LogP contribution in [0.4, 0.5) is 5.13 Å². The summed E-state index contributed by atoms with van der Waals surface area (Å²) in [6.45, 7) is 2.05. The van der Waals surface area contributed by atoms with Crippen molar-refractivity contribution >= 4 is 22.4 Å². The van der Waals surface area contributed by atoms with E-state index in [9.17, 15) is 0 Å². The van der Waals surface area contributed by atoms with Gasteiger partial charge < -0.3 is 11.1 Å². The number of aryl methyl sites for hydroxylation is 1. The second-order valence-electron chi connectivity index (χ2n) is 3.46. The molecule has 0 aliphatic rings. The highest BCUT2D eigenvalue weighted by Crippen LogP contribution is 2.28. The first-order valence-corrected chi connectivity index (χ1v) is 5.91. The van der Waals surface area contributed by atoms with Crippen LogP contribution in [-0.2, 0) is 0 Å². The summed E-state index contributed by atoms with van der Waals surface area (Å²) < 4.78 is 0. The SMILES string of the molecule is CN=C(N)Nc1nnc(-c2ccccc2C)s1. The quantitative estimate of drug-likeness (QED) is 0.627. The van der Waals surface area contributed by atoms with Crippen molar-refractivity contribution in [1.82, 2.24) is 10.2 Å². The van der Waals surface area contributed by atoms with Crippen LogP contribution in [0.2, 0.25) is 0 Å². The number of rotatable bonds is 2. The van der Waals surface area contributed by atoms with Crippen LogP contribution in [0.15, 0.2) is 29.3 Å². The van der Waals surface area contributed by atoms with Crippen molar-refractivity contribution in [3.63, 3.8) is 0 Å². The highest BCUT2D eigenvalue weighted by atomic mass is 32.1. The molecule has 0 aliphatic carbocycles. The number of nitrogens with two attached hydrogens (primary N) is 1. The monoisotopic (exact) mass is 247 g/mol. The first-order valence-electron chi connectivity index (χ1n) is 5.09. The van der Waals surface area contributed by atoms with Gasteiger partial charge in [0.2, 0.25) is 5.13 Å². The molecule has 1 aromatic heterocycles. The standard InChI is InChI=1S/C11H13N5S/c1-7-5-3-4-6-8(7)9-15-16-11(17-9)14-10(12)13-2/h3-6H,1-2H3,(H3,12,13,14,16). The van der Waals surface area contributed by atoms with Crippen LogP contribution in [0, 0.1) is 6.92 Å². The number of benzene rings is 1. The van der Waals surface area contributed by atoms with Crippen molar-refractivity contribution in [1.29, 1.82) is 0 Å². The number of nitrogens with zero attached hydrogens (tertiary/aromatic N) is 3. The van der Waals surface area contributed by atoms with Crippen LogP contribution in [0.1, 0.15) is 5.56 Å². The van der Waals surface area contributed by atoms with E-state index in [-0.39, 0.29) is 0 Å². The number of nitrogens with one attached hydrogen (secondary N) is 1. The average molecular weight is 247 g/mol. The van der Waals surface area contributed by atoms with Gasteiger partial charge in [0.25, 0.3) is 0 Å². The molecule has 3 N–H and O–H groups in total. The Bertz CT molecular complexity index is 546. The van der Waals surface area contributed by atoms with Gasteiger partial charge in [-0.1, -0.05) is 35.6 Å². The number of guanidine groups is 1. The molecule has 0 aliphatic heterocycles. The third kappa shape index (κ3) is 2.59. The zero-order chi connectivity index (χ0) is 12.3. The largest absolute Gasteiger partial charge is 0.370 e. The zero-order valence-electron chi connectivity index (χ0n) is 9.64. The van der Waals surface area contributed by atoms with E-state index < -0.39 is 0 Å². The fourth-order valence-corrected chi connectivity index (χ4v) is 2.20. The third-order valence-corrected chi connectivity index (χ3v) is 3.15. The Kier molecular flexibility index (Phi) is 3.34. The normalized spacial score (nSPS) is 11.5. The second kappa shape index (κ2) is 4.92. The maximum Gasteiger partial charge on any atom is 0.212 e. The number of aromatic nitrogens is 2. The minimum Gasteiger partial charge on any atom is -0.370 e. The molecule has 0 spiro atoms. The van der Waals surface area contributed by atoms with Crippen LogP contribution in [0.5, 0.6) is 0 Å². The third-order valence-electron chi connectivity index (χ3n) is 2.28. The Morgan fingerprint density at radius 2 is 2.12 bits per heavy atom. The summed E-state index contributed by atoms with van der Waals surface area (Å²) >= 11 is 1.45. The second-order valence-corrected chi connectivity index (χ2v) is 4.44. The molecule has 1 heterocycles. The van der Waals surface area contributed by atoms with E-state index in [1.807, 2.05) is 31.2 Å². The van der Waals surface area contributed by atoms with Gasteiger partial charge >= 0.3 is 0 Å². The molecule has 17 heavy (non-hydrogen) atoms. The van der Waals surface area contributed by atoms with Gasteiger partial charge in [0.1, 0.15) is 5.01 Å². The fourth-order valence-electron chi connectivity index (χ4n) is 1.36. The summed E-state index contributed by atoms with van der Waals surface area (Å²) in [4.78, 5) is 3.81. The molecule has 0 radical (unpaired) electrons. The van der Waals surface area contributed by atoms with Crippen molar-refractivity contribution in [2.75, 3.05) is 12.4 Å². The fraction of sp³-hybridized carbons (Fsp3) is 0.182. The van der Waals surface area contributed by atoms with Gasteiger partial charge in [0, 0.05) is 12.6 Å². The van der Waals surface area contributed by atoms with Gasteiger partial charge in [-0.2, -0.15) is 0 Å². The Morgan fingerprint density at radius 1 is 1.35 bits per heavy atom. The molecule has 0 bridgehead atoms. The lowest BCUT2D eigenvalue weighted by atomic mass is 10.1. The van der Waals surface area contributed by atoms with E-state index in [0.29, 0.717) is 11.1 Å². The number of hydrogen-bond donors (Lipinski definition) is 2. The molecule has 6 heteroatoms. The van der Waals surface area contributed by atoms with Gasteiger partial charge in [-0.05, 0) is 12.5 Å². The summed E-state index contributed by atoms with van der Waals surface area (Å²) in [5, 5.41) is 12.5. The smallest absolute Gasteiger partial charge is 0.212 e. The highest BCUT2D eigenvalue weighted by molar-refractivity contribution is 7.18. The molecule has 0 saturated carbocycles. The molecule has 2 rings (SSSR count). The minimum absolute atomic E-state index is 0.331. The van der Waals surface area contributed by atoms with Crippen molar-refractivity contribution in [3.8, 4) is 10.6 Å². The zero-order valence-corrected chi connectivity index (χ0v) is 10.5. The molecular weight excluding hydrogens is 234 g/mol. The topological polar surface area (TPSA) is 76.2 Å². The average Bonchev–Trinajstić information content (AvgIpc) is 2.78. The Morgan fingerprint density at radius 3 is 2.82 bits per heavy atom. The van der Waals surface area contributed by atoms with Gasteiger partial charge in [-0.15, -0.1) is 10.2 Å². The van der Waals surface area contributed by atoms with Gasteiger partial charge in [0.15, 0.2) is 5.96 Å². The summed E-state index contributed by atoms with van der Waals surface area (Å²) in [7, 11) is 1.62. The predicted molar refractivity (Wildman–Crippen MR) is 71.3 cm³/mol. The van der Waals surface area contributed by atoms with Crippen LogP contribution in [0.25, 0.3) is 10.6 Å². The maximum absolute atomic E-state index is 5.56. The van der Waals surface area contributed by atoms with Crippen LogP contribution < -0.4 is 11.1 Å². The van der Waals surface area contributed by atoms with Crippen LogP contribution >= 0.6 is 11.3 Å². The molecule has 0 saturated heterocycles. The Labute approximate surface area is 103 Å².